The van der Waals surface area contributed by atoms with Crippen molar-refractivity contribution in [3.05, 3.63) is 28.6 Å². The third kappa shape index (κ3) is 2.24. The van der Waals surface area contributed by atoms with E-state index in [2.05, 4.69) is 0 Å². The number of carbonyl (C=O) groups excluding carboxylic acids is 2. The summed E-state index contributed by atoms with van der Waals surface area (Å²) in [6.07, 6.45) is 2.65. The Bertz CT molecular complexity index is 465. The van der Waals surface area contributed by atoms with E-state index in [0.717, 1.165) is 10.5 Å². The Hall–Kier alpha value is -1.62. The number of hydrogen-bond acceptors (Lipinski definition) is 3. The molecule has 2 heterocycles. The van der Waals surface area contributed by atoms with Gasteiger partial charge in [0.2, 0.25) is 11.8 Å². The zero-order valence-corrected chi connectivity index (χ0v) is 10.4. The predicted octanol–water partition coefficient (Wildman–Crippen LogP) is 1.59. The van der Waals surface area contributed by atoms with Gasteiger partial charge in [-0.2, -0.15) is 0 Å². The maximum absolute atomic E-state index is 11.9. The summed E-state index contributed by atoms with van der Waals surface area (Å²) in [5, 5.41) is 1.97. The molecule has 0 radical (unpaired) electrons. The third-order valence-corrected chi connectivity index (χ3v) is 3.76. The van der Waals surface area contributed by atoms with Crippen molar-refractivity contribution in [2.75, 3.05) is 0 Å². The molecule has 17 heavy (non-hydrogen) atoms. The van der Waals surface area contributed by atoms with E-state index < -0.39 is 11.9 Å². The highest BCUT2D eigenvalue weighted by Gasteiger charge is 2.31. The van der Waals surface area contributed by atoms with Crippen LogP contribution in [0.15, 0.2) is 23.7 Å². The van der Waals surface area contributed by atoms with Gasteiger partial charge in [0.05, 0.1) is 6.42 Å². The lowest BCUT2D eigenvalue weighted by Crippen LogP contribution is -2.42. The average Bonchev–Trinajstić information content (AvgIpc) is 2.89. The molecule has 1 aliphatic heterocycles. The number of nitrogens with zero attached hydrogens (tertiary/aromatic N) is 1. The summed E-state index contributed by atoms with van der Waals surface area (Å²) < 4.78 is 0. The van der Waals surface area contributed by atoms with Crippen molar-refractivity contribution in [2.24, 2.45) is 5.73 Å². The SMILES string of the molecule is CC[C@@H](C(N)=O)N1C=C(c2cccs2)CC1=O. The largest absolute Gasteiger partial charge is 0.368 e. The van der Waals surface area contributed by atoms with Gasteiger partial charge < -0.3 is 10.6 Å². The van der Waals surface area contributed by atoms with E-state index >= 15 is 0 Å². The maximum Gasteiger partial charge on any atom is 0.240 e. The lowest BCUT2D eigenvalue weighted by atomic mass is 10.2. The number of primary amides is 1. The van der Waals surface area contributed by atoms with Crippen LogP contribution in [0.5, 0.6) is 0 Å². The second-order valence-corrected chi connectivity index (χ2v) is 4.88. The Morgan fingerprint density at radius 1 is 1.65 bits per heavy atom. The number of amides is 2. The highest BCUT2D eigenvalue weighted by molar-refractivity contribution is 7.11. The number of carbonyl (C=O) groups is 2. The first-order valence-corrected chi connectivity index (χ1v) is 6.36. The van der Waals surface area contributed by atoms with Crippen LogP contribution in [0.1, 0.15) is 24.6 Å². The number of nitrogens with two attached hydrogens (primary N) is 1. The molecule has 1 atom stereocenters. The molecule has 5 heteroatoms. The van der Waals surface area contributed by atoms with Crippen LogP contribution in [0.25, 0.3) is 5.57 Å². The predicted molar refractivity (Wildman–Crippen MR) is 67.0 cm³/mol. The molecule has 0 saturated heterocycles. The van der Waals surface area contributed by atoms with Gasteiger partial charge >= 0.3 is 0 Å². The summed E-state index contributed by atoms with van der Waals surface area (Å²) in [5.41, 5.74) is 6.26. The van der Waals surface area contributed by atoms with Gasteiger partial charge in [0, 0.05) is 11.1 Å². The molecule has 0 fully saturated rings. The molecule has 0 aliphatic carbocycles. The van der Waals surface area contributed by atoms with Crippen LogP contribution in [0.4, 0.5) is 0 Å². The molecule has 1 aromatic heterocycles. The van der Waals surface area contributed by atoms with E-state index in [9.17, 15) is 9.59 Å². The third-order valence-electron chi connectivity index (χ3n) is 2.81. The van der Waals surface area contributed by atoms with E-state index in [1.165, 1.54) is 4.90 Å². The Balaban J connectivity index is 2.25. The Kier molecular flexibility index (Phi) is 3.28. The van der Waals surface area contributed by atoms with E-state index in [1.807, 2.05) is 24.4 Å². The lowest BCUT2D eigenvalue weighted by molar-refractivity contribution is -0.134. The van der Waals surface area contributed by atoms with Crippen molar-refractivity contribution in [3.8, 4) is 0 Å². The smallest absolute Gasteiger partial charge is 0.240 e. The molecule has 1 aromatic rings. The molecule has 0 saturated carbocycles. The molecule has 0 spiro atoms. The molecule has 90 valence electrons. The molecule has 2 rings (SSSR count). The van der Waals surface area contributed by atoms with Crippen LogP contribution >= 0.6 is 11.3 Å². The molecule has 2 amide bonds. The van der Waals surface area contributed by atoms with Gasteiger partial charge in [0.25, 0.3) is 0 Å². The minimum Gasteiger partial charge on any atom is -0.368 e. The number of rotatable bonds is 4. The van der Waals surface area contributed by atoms with Crippen molar-refractivity contribution in [1.29, 1.82) is 0 Å². The van der Waals surface area contributed by atoms with E-state index in [4.69, 9.17) is 5.73 Å². The molecular formula is C12H14N2O2S. The summed E-state index contributed by atoms with van der Waals surface area (Å²) in [6, 6.07) is 3.39. The Morgan fingerprint density at radius 2 is 2.41 bits per heavy atom. The quantitative estimate of drug-likeness (QED) is 0.882. The summed E-state index contributed by atoms with van der Waals surface area (Å²) in [5.74, 6) is -0.511. The van der Waals surface area contributed by atoms with Gasteiger partial charge in [-0.1, -0.05) is 13.0 Å². The van der Waals surface area contributed by atoms with Gasteiger partial charge in [-0.25, -0.2) is 0 Å². The van der Waals surface area contributed by atoms with Gasteiger partial charge in [0.1, 0.15) is 6.04 Å². The zero-order valence-electron chi connectivity index (χ0n) is 9.55. The van der Waals surface area contributed by atoms with Crippen LogP contribution in [-0.4, -0.2) is 22.8 Å². The minimum atomic E-state index is -0.528. The summed E-state index contributed by atoms with van der Waals surface area (Å²) >= 11 is 1.59. The van der Waals surface area contributed by atoms with Crippen molar-refractivity contribution in [3.63, 3.8) is 0 Å². The summed E-state index contributed by atoms with van der Waals surface area (Å²) in [4.78, 5) is 25.7. The monoisotopic (exact) mass is 250 g/mol. The van der Waals surface area contributed by atoms with Gasteiger partial charge in [-0.15, -0.1) is 11.3 Å². The van der Waals surface area contributed by atoms with Gasteiger partial charge in [-0.05, 0) is 23.4 Å². The van der Waals surface area contributed by atoms with E-state index in [1.54, 1.807) is 17.5 Å². The molecule has 1 aliphatic rings. The van der Waals surface area contributed by atoms with Crippen molar-refractivity contribution < 1.29 is 9.59 Å². The zero-order chi connectivity index (χ0) is 12.4. The first-order valence-electron chi connectivity index (χ1n) is 5.48. The first-order chi connectivity index (χ1) is 8.13. The first kappa shape index (κ1) is 11.9. The summed E-state index contributed by atoms with van der Waals surface area (Å²) in [6.45, 7) is 1.85. The van der Waals surface area contributed by atoms with Crippen LogP contribution in [0.2, 0.25) is 0 Å². The lowest BCUT2D eigenvalue weighted by Gasteiger charge is -2.21. The Morgan fingerprint density at radius 3 is 2.94 bits per heavy atom. The normalized spacial score (nSPS) is 17.1. The number of hydrogen-bond donors (Lipinski definition) is 1. The molecule has 0 unspecified atom stereocenters. The van der Waals surface area contributed by atoms with E-state index in [0.29, 0.717) is 12.8 Å². The fourth-order valence-corrected chi connectivity index (χ4v) is 2.69. The highest BCUT2D eigenvalue weighted by atomic mass is 32.1. The fourth-order valence-electron chi connectivity index (χ4n) is 1.95. The van der Waals surface area contributed by atoms with Crippen LogP contribution in [0, 0.1) is 0 Å². The minimum absolute atomic E-state index is 0.0564. The van der Waals surface area contributed by atoms with Crippen molar-refractivity contribution in [2.45, 2.75) is 25.8 Å². The van der Waals surface area contributed by atoms with Gasteiger partial charge in [0.15, 0.2) is 0 Å². The van der Waals surface area contributed by atoms with Crippen LogP contribution < -0.4 is 5.73 Å². The summed E-state index contributed by atoms with van der Waals surface area (Å²) in [7, 11) is 0. The molecular weight excluding hydrogens is 236 g/mol. The second kappa shape index (κ2) is 4.71. The standard InChI is InChI=1S/C12H14N2O2S/c1-2-9(12(13)16)14-7-8(6-11(14)15)10-4-3-5-17-10/h3-5,7,9H,2,6H2,1H3,(H2,13,16)/t9-/m0/s1. The van der Waals surface area contributed by atoms with E-state index in [-0.39, 0.29) is 5.91 Å². The van der Waals surface area contributed by atoms with Gasteiger partial charge in [-0.3, -0.25) is 9.59 Å². The Labute approximate surface area is 104 Å². The fraction of sp³-hybridized carbons (Fsp3) is 0.333. The molecule has 4 nitrogen and oxygen atoms in total. The second-order valence-electron chi connectivity index (χ2n) is 3.94. The highest BCUT2D eigenvalue weighted by Crippen LogP contribution is 2.30. The maximum atomic E-state index is 11.9. The average molecular weight is 250 g/mol. The van der Waals surface area contributed by atoms with Crippen molar-refractivity contribution in [1.82, 2.24) is 4.90 Å². The molecule has 2 N–H and O–H groups in total. The molecule has 0 aromatic carbocycles. The number of thiophene rings is 1. The topological polar surface area (TPSA) is 63.4 Å². The van der Waals surface area contributed by atoms with Crippen LogP contribution in [-0.2, 0) is 9.59 Å². The van der Waals surface area contributed by atoms with Crippen LogP contribution in [0.3, 0.4) is 0 Å². The molecule has 0 bridgehead atoms. The van der Waals surface area contributed by atoms with Crippen molar-refractivity contribution >= 4 is 28.7 Å².